The van der Waals surface area contributed by atoms with Crippen molar-refractivity contribution in [2.24, 2.45) is 11.3 Å². The molecule has 1 aromatic carbocycles. The standard InChI is InChI=1S/C31H48FN7O3/c1-20(2)26(14-24(40)15-36(7)8)38-17-31(18-38)11-12-37(16-31)28-29(35-34-19-33-28)42-27-10-9-23(32)13-25(27)30(41)39(21(3)4)22(5)6/h9-10,13,19-22,24,26,40H,11-12,14-18H2,1-8H3/t24?,26-/m0/s1. The number of nitrogens with zero attached hydrogens (tertiary/aromatic N) is 7. The molecule has 0 aliphatic carbocycles. The van der Waals surface area contributed by atoms with E-state index >= 15 is 0 Å². The number of aliphatic hydroxyl groups excluding tert-OH is 1. The number of carbonyl (C=O) groups is 1. The van der Waals surface area contributed by atoms with Crippen LogP contribution in [0.25, 0.3) is 0 Å². The smallest absolute Gasteiger partial charge is 0.282 e. The van der Waals surface area contributed by atoms with Gasteiger partial charge in [-0.05, 0) is 78.7 Å². The number of likely N-dealkylation sites (tertiary alicyclic amines) is 1. The Morgan fingerprint density at radius 2 is 1.81 bits per heavy atom. The molecule has 3 heterocycles. The number of hydrogen-bond acceptors (Lipinski definition) is 9. The molecule has 232 valence electrons. The summed E-state index contributed by atoms with van der Waals surface area (Å²) < 4.78 is 20.5. The molecule has 2 atom stereocenters. The average Bonchev–Trinajstić information content (AvgIpc) is 3.32. The van der Waals surface area contributed by atoms with Crippen LogP contribution >= 0.6 is 0 Å². The molecule has 1 aromatic heterocycles. The molecule has 4 rings (SSSR count). The highest BCUT2D eigenvalue weighted by Crippen LogP contribution is 2.44. The zero-order valence-electron chi connectivity index (χ0n) is 26.4. The monoisotopic (exact) mass is 585 g/mol. The van der Waals surface area contributed by atoms with Gasteiger partial charge in [0.15, 0.2) is 5.82 Å². The summed E-state index contributed by atoms with van der Waals surface area (Å²) >= 11 is 0. The van der Waals surface area contributed by atoms with E-state index in [0.717, 1.165) is 39.0 Å². The molecular formula is C31H48FN7O3. The number of aromatic nitrogens is 3. The number of likely N-dealkylation sites (N-methyl/N-ethyl adjacent to an activating group) is 1. The molecule has 2 fully saturated rings. The van der Waals surface area contributed by atoms with Gasteiger partial charge in [0.25, 0.3) is 11.8 Å². The molecule has 1 amide bonds. The maximum absolute atomic E-state index is 14.3. The van der Waals surface area contributed by atoms with Crippen molar-refractivity contribution in [2.75, 3.05) is 51.7 Å². The van der Waals surface area contributed by atoms with E-state index in [1.165, 1.54) is 24.5 Å². The minimum Gasteiger partial charge on any atom is -0.434 e. The van der Waals surface area contributed by atoms with Crippen molar-refractivity contribution in [2.45, 2.75) is 78.6 Å². The SMILES string of the molecule is CC(C)[C@H](CC(O)CN(C)C)N1CC2(CCN(c3ncnnc3Oc3ccc(F)cc3C(=O)N(C(C)C)C(C)C)C2)C1. The van der Waals surface area contributed by atoms with E-state index in [1.807, 2.05) is 46.7 Å². The van der Waals surface area contributed by atoms with Gasteiger partial charge in [-0.1, -0.05) is 13.8 Å². The summed E-state index contributed by atoms with van der Waals surface area (Å²) in [7, 11) is 3.97. The Morgan fingerprint density at radius 1 is 1.12 bits per heavy atom. The predicted molar refractivity (Wildman–Crippen MR) is 161 cm³/mol. The normalized spacial score (nSPS) is 18.3. The van der Waals surface area contributed by atoms with Crippen molar-refractivity contribution in [3.63, 3.8) is 0 Å². The van der Waals surface area contributed by atoms with Crippen LogP contribution in [0.1, 0.15) is 64.7 Å². The van der Waals surface area contributed by atoms with Crippen molar-refractivity contribution in [3.8, 4) is 11.6 Å². The Balaban J connectivity index is 1.49. The van der Waals surface area contributed by atoms with Gasteiger partial charge in [0.1, 0.15) is 17.9 Å². The van der Waals surface area contributed by atoms with Gasteiger partial charge in [-0.25, -0.2) is 9.37 Å². The number of ether oxygens (including phenoxy) is 1. The molecule has 1 unspecified atom stereocenters. The summed E-state index contributed by atoms with van der Waals surface area (Å²) in [5.41, 5.74) is 0.270. The third kappa shape index (κ3) is 7.18. The largest absolute Gasteiger partial charge is 0.434 e. The summed E-state index contributed by atoms with van der Waals surface area (Å²) in [5, 5.41) is 18.8. The number of anilines is 1. The molecule has 42 heavy (non-hydrogen) atoms. The number of hydrogen-bond donors (Lipinski definition) is 1. The predicted octanol–water partition coefficient (Wildman–Crippen LogP) is 3.91. The summed E-state index contributed by atoms with van der Waals surface area (Å²) in [5.74, 6) is 0.598. The second-order valence-corrected chi connectivity index (χ2v) is 13.3. The Hall–Kier alpha value is -2.89. The van der Waals surface area contributed by atoms with Crippen LogP contribution in [0.15, 0.2) is 24.5 Å². The molecule has 2 aromatic rings. The van der Waals surface area contributed by atoms with E-state index in [9.17, 15) is 14.3 Å². The van der Waals surface area contributed by atoms with Gasteiger partial charge in [-0.15, -0.1) is 10.2 Å². The van der Waals surface area contributed by atoms with Crippen LogP contribution in [0.5, 0.6) is 11.6 Å². The zero-order valence-corrected chi connectivity index (χ0v) is 26.4. The molecular weight excluding hydrogens is 537 g/mol. The Labute approximate surface area is 249 Å². The number of rotatable bonds is 12. The minimum atomic E-state index is -0.513. The van der Waals surface area contributed by atoms with Crippen LogP contribution in [0.2, 0.25) is 0 Å². The number of benzene rings is 1. The lowest BCUT2D eigenvalue weighted by Crippen LogP contribution is -2.62. The van der Waals surface area contributed by atoms with Gasteiger partial charge in [-0.2, -0.15) is 0 Å². The van der Waals surface area contributed by atoms with E-state index in [0.29, 0.717) is 24.3 Å². The van der Waals surface area contributed by atoms with Gasteiger partial charge >= 0.3 is 0 Å². The number of aliphatic hydroxyl groups is 1. The molecule has 2 aliphatic heterocycles. The maximum Gasteiger partial charge on any atom is 0.282 e. The molecule has 0 bridgehead atoms. The Kier molecular flexibility index (Phi) is 10.1. The third-order valence-corrected chi connectivity index (χ3v) is 8.44. The fourth-order valence-electron chi connectivity index (χ4n) is 6.65. The van der Waals surface area contributed by atoms with Crippen LogP contribution in [-0.2, 0) is 0 Å². The number of amides is 1. The quantitative estimate of drug-likeness (QED) is 0.398. The van der Waals surface area contributed by atoms with E-state index in [2.05, 4.69) is 38.8 Å². The fourth-order valence-corrected chi connectivity index (χ4v) is 6.65. The summed E-state index contributed by atoms with van der Waals surface area (Å²) in [4.78, 5) is 26.4. The van der Waals surface area contributed by atoms with Crippen molar-refractivity contribution in [1.29, 1.82) is 0 Å². The molecule has 11 heteroatoms. The van der Waals surface area contributed by atoms with Gasteiger partial charge in [0, 0.05) is 56.3 Å². The molecule has 2 saturated heterocycles. The second kappa shape index (κ2) is 13.2. The summed E-state index contributed by atoms with van der Waals surface area (Å²) in [6.07, 6.45) is 2.81. The van der Waals surface area contributed by atoms with Crippen molar-refractivity contribution >= 4 is 11.7 Å². The number of halogens is 1. The van der Waals surface area contributed by atoms with Crippen molar-refractivity contribution in [3.05, 3.63) is 35.9 Å². The first-order valence-electron chi connectivity index (χ1n) is 15.1. The molecule has 1 N–H and O–H groups in total. The lowest BCUT2D eigenvalue weighted by atomic mass is 9.76. The van der Waals surface area contributed by atoms with Crippen LogP contribution < -0.4 is 9.64 Å². The highest BCUT2D eigenvalue weighted by molar-refractivity contribution is 5.97. The summed E-state index contributed by atoms with van der Waals surface area (Å²) in [6, 6.07) is 4.14. The van der Waals surface area contributed by atoms with E-state index in [-0.39, 0.29) is 46.7 Å². The Morgan fingerprint density at radius 3 is 2.43 bits per heavy atom. The highest BCUT2D eigenvalue weighted by atomic mass is 19.1. The summed E-state index contributed by atoms with van der Waals surface area (Å²) in [6.45, 7) is 16.4. The van der Waals surface area contributed by atoms with E-state index in [1.54, 1.807) is 4.90 Å². The average molecular weight is 586 g/mol. The first kappa shape index (κ1) is 32.0. The Bertz CT molecular complexity index is 1210. The van der Waals surface area contributed by atoms with E-state index < -0.39 is 5.82 Å². The van der Waals surface area contributed by atoms with Crippen molar-refractivity contribution in [1.82, 2.24) is 29.9 Å². The number of carbonyl (C=O) groups excluding carboxylic acids is 1. The lowest BCUT2D eigenvalue weighted by Gasteiger charge is -2.53. The van der Waals surface area contributed by atoms with Crippen LogP contribution in [0, 0.1) is 17.2 Å². The van der Waals surface area contributed by atoms with E-state index in [4.69, 9.17) is 4.74 Å². The van der Waals surface area contributed by atoms with Gasteiger partial charge in [0.05, 0.1) is 11.7 Å². The van der Waals surface area contributed by atoms with Crippen LogP contribution in [0.4, 0.5) is 10.2 Å². The minimum absolute atomic E-state index is 0.0725. The maximum atomic E-state index is 14.3. The van der Waals surface area contributed by atoms with Crippen LogP contribution in [0.3, 0.4) is 0 Å². The second-order valence-electron chi connectivity index (χ2n) is 13.3. The molecule has 0 saturated carbocycles. The first-order chi connectivity index (χ1) is 19.8. The van der Waals surface area contributed by atoms with Crippen molar-refractivity contribution < 1.29 is 19.0 Å². The van der Waals surface area contributed by atoms with Gasteiger partial charge in [0.2, 0.25) is 0 Å². The third-order valence-electron chi connectivity index (χ3n) is 8.44. The van der Waals surface area contributed by atoms with Gasteiger partial charge < -0.3 is 24.5 Å². The zero-order chi connectivity index (χ0) is 30.8. The van der Waals surface area contributed by atoms with Crippen LogP contribution in [-0.4, -0.2) is 112 Å². The molecule has 1 spiro atoms. The fraction of sp³-hybridized carbons (Fsp3) is 0.677. The first-order valence-corrected chi connectivity index (χ1v) is 15.1. The highest BCUT2D eigenvalue weighted by Gasteiger charge is 2.50. The lowest BCUT2D eigenvalue weighted by molar-refractivity contribution is -0.0476. The van der Waals surface area contributed by atoms with Gasteiger partial charge in [-0.3, -0.25) is 9.69 Å². The molecule has 10 nitrogen and oxygen atoms in total. The molecule has 2 aliphatic rings. The topological polar surface area (TPSA) is 98.2 Å². The molecule has 0 radical (unpaired) electrons.